The minimum absolute atomic E-state index is 0.788. The van der Waals surface area contributed by atoms with Gasteiger partial charge in [0.25, 0.3) is 0 Å². The maximum atomic E-state index is 5.05. The second-order valence-electron chi connectivity index (χ2n) is 4.11. The van der Waals surface area contributed by atoms with E-state index in [4.69, 9.17) is 4.74 Å². The molecule has 1 rings (SSSR count). The lowest BCUT2D eigenvalue weighted by molar-refractivity contribution is 0.190. The maximum absolute atomic E-state index is 5.05. The molecule has 0 atom stereocenters. The molecule has 0 aromatic carbocycles. The molecule has 1 aromatic rings. The standard InChI is InChI=1S/C12H24N4O/c1-4-15(2)9-6-13-12-14-7-10-16(12)8-5-11-17-3/h7,10H,4-6,8-9,11H2,1-3H3,(H,13,14). The molecule has 0 amide bonds. The summed E-state index contributed by atoms with van der Waals surface area (Å²) in [6, 6.07) is 0. The van der Waals surface area contributed by atoms with Crippen molar-refractivity contribution in [2.45, 2.75) is 19.9 Å². The van der Waals surface area contributed by atoms with Crippen molar-refractivity contribution in [2.75, 3.05) is 45.7 Å². The fourth-order valence-corrected chi connectivity index (χ4v) is 1.55. The lowest BCUT2D eigenvalue weighted by Gasteiger charge is -2.15. The number of nitrogens with one attached hydrogen (secondary N) is 1. The number of likely N-dealkylation sites (N-methyl/N-ethyl adjacent to an activating group) is 1. The first-order valence-corrected chi connectivity index (χ1v) is 6.20. The Balaban J connectivity index is 2.30. The summed E-state index contributed by atoms with van der Waals surface area (Å²) in [6.45, 7) is 6.92. The Morgan fingerprint density at radius 1 is 1.53 bits per heavy atom. The van der Waals surface area contributed by atoms with Gasteiger partial charge in [-0.2, -0.15) is 0 Å². The van der Waals surface area contributed by atoms with Crippen LogP contribution >= 0.6 is 0 Å². The molecular weight excluding hydrogens is 216 g/mol. The highest BCUT2D eigenvalue weighted by Crippen LogP contribution is 2.04. The second kappa shape index (κ2) is 8.08. The number of anilines is 1. The Labute approximate surface area is 104 Å². The van der Waals surface area contributed by atoms with Gasteiger partial charge in [0.1, 0.15) is 0 Å². The molecule has 0 aliphatic rings. The molecule has 0 saturated carbocycles. The van der Waals surface area contributed by atoms with Gasteiger partial charge in [0, 0.05) is 45.7 Å². The second-order valence-corrected chi connectivity index (χ2v) is 4.11. The molecule has 98 valence electrons. The summed E-state index contributed by atoms with van der Waals surface area (Å²) in [5.74, 6) is 0.950. The van der Waals surface area contributed by atoms with Gasteiger partial charge in [-0.25, -0.2) is 4.98 Å². The summed E-state index contributed by atoms with van der Waals surface area (Å²) in [5.41, 5.74) is 0. The van der Waals surface area contributed by atoms with Crippen molar-refractivity contribution in [3.63, 3.8) is 0 Å². The lowest BCUT2D eigenvalue weighted by atomic mass is 10.4. The van der Waals surface area contributed by atoms with E-state index >= 15 is 0 Å². The molecule has 0 fully saturated rings. The molecule has 0 radical (unpaired) electrons. The third-order valence-corrected chi connectivity index (χ3v) is 2.78. The van der Waals surface area contributed by atoms with Crippen LogP contribution in [0.2, 0.25) is 0 Å². The van der Waals surface area contributed by atoms with Gasteiger partial charge in [0.15, 0.2) is 0 Å². The summed E-state index contributed by atoms with van der Waals surface area (Å²) in [7, 11) is 3.85. The van der Waals surface area contributed by atoms with E-state index in [2.05, 4.69) is 33.7 Å². The number of aromatic nitrogens is 2. The van der Waals surface area contributed by atoms with Gasteiger partial charge in [-0.05, 0) is 20.0 Å². The maximum Gasteiger partial charge on any atom is 0.202 e. The summed E-state index contributed by atoms with van der Waals surface area (Å²) < 4.78 is 7.18. The van der Waals surface area contributed by atoms with E-state index in [1.807, 2.05) is 12.4 Å². The first-order valence-electron chi connectivity index (χ1n) is 6.20. The average molecular weight is 240 g/mol. The van der Waals surface area contributed by atoms with Gasteiger partial charge >= 0.3 is 0 Å². The van der Waals surface area contributed by atoms with Crippen LogP contribution in [0.4, 0.5) is 5.95 Å². The fourth-order valence-electron chi connectivity index (χ4n) is 1.55. The normalized spacial score (nSPS) is 11.1. The smallest absolute Gasteiger partial charge is 0.202 e. The lowest BCUT2D eigenvalue weighted by Crippen LogP contribution is -2.25. The van der Waals surface area contributed by atoms with Crippen molar-refractivity contribution in [1.29, 1.82) is 0 Å². The molecule has 5 heteroatoms. The van der Waals surface area contributed by atoms with Crippen LogP contribution in [0, 0.1) is 0 Å². The average Bonchev–Trinajstić information content (AvgIpc) is 2.77. The molecule has 0 bridgehead atoms. The van der Waals surface area contributed by atoms with Gasteiger partial charge in [-0.1, -0.05) is 6.92 Å². The van der Waals surface area contributed by atoms with Crippen molar-refractivity contribution in [1.82, 2.24) is 14.5 Å². The van der Waals surface area contributed by atoms with Crippen molar-refractivity contribution >= 4 is 5.95 Å². The summed E-state index contributed by atoms with van der Waals surface area (Å²) in [5, 5.41) is 3.35. The molecule has 0 aliphatic heterocycles. The first kappa shape index (κ1) is 14.0. The number of hydrogen-bond donors (Lipinski definition) is 1. The SMILES string of the molecule is CCN(C)CCNc1nccn1CCCOC. The molecule has 1 N–H and O–H groups in total. The van der Waals surface area contributed by atoms with Crippen LogP contribution in [0.15, 0.2) is 12.4 Å². The fraction of sp³-hybridized carbons (Fsp3) is 0.750. The third kappa shape index (κ3) is 5.19. The molecular formula is C12H24N4O. The minimum Gasteiger partial charge on any atom is -0.385 e. The van der Waals surface area contributed by atoms with Crippen LogP contribution in [0.1, 0.15) is 13.3 Å². The summed E-state index contributed by atoms with van der Waals surface area (Å²) in [6.07, 6.45) is 4.84. The monoisotopic (exact) mass is 240 g/mol. The van der Waals surface area contributed by atoms with Gasteiger partial charge in [-0.3, -0.25) is 0 Å². The van der Waals surface area contributed by atoms with Crippen molar-refractivity contribution < 1.29 is 4.74 Å². The predicted octanol–water partition coefficient (Wildman–Crippen LogP) is 1.28. The molecule has 17 heavy (non-hydrogen) atoms. The van der Waals surface area contributed by atoms with Crippen LogP contribution in [-0.2, 0) is 11.3 Å². The van der Waals surface area contributed by atoms with Gasteiger partial charge in [0.05, 0.1) is 0 Å². The number of rotatable bonds is 9. The Kier molecular flexibility index (Phi) is 6.65. The molecule has 0 saturated heterocycles. The molecule has 1 aromatic heterocycles. The Hall–Kier alpha value is -1.07. The molecule has 0 aliphatic carbocycles. The predicted molar refractivity (Wildman–Crippen MR) is 70.4 cm³/mol. The number of aryl methyl sites for hydroxylation is 1. The van der Waals surface area contributed by atoms with Crippen LogP contribution < -0.4 is 5.32 Å². The first-order chi connectivity index (χ1) is 8.27. The highest BCUT2D eigenvalue weighted by molar-refractivity contribution is 5.25. The van der Waals surface area contributed by atoms with Crippen LogP contribution in [0.3, 0.4) is 0 Å². The largest absolute Gasteiger partial charge is 0.385 e. The van der Waals surface area contributed by atoms with Crippen LogP contribution in [-0.4, -0.2) is 54.8 Å². The van der Waals surface area contributed by atoms with E-state index in [1.165, 1.54) is 0 Å². The Morgan fingerprint density at radius 2 is 2.35 bits per heavy atom. The topological polar surface area (TPSA) is 42.3 Å². The van der Waals surface area contributed by atoms with E-state index in [0.717, 1.165) is 45.2 Å². The molecule has 0 unspecified atom stereocenters. The summed E-state index contributed by atoms with van der Waals surface area (Å²) >= 11 is 0. The van der Waals surface area contributed by atoms with Crippen molar-refractivity contribution in [2.24, 2.45) is 0 Å². The molecule has 5 nitrogen and oxygen atoms in total. The number of methoxy groups -OCH3 is 1. The van der Waals surface area contributed by atoms with Gasteiger partial charge in [0.2, 0.25) is 5.95 Å². The van der Waals surface area contributed by atoms with Gasteiger partial charge in [-0.15, -0.1) is 0 Å². The zero-order valence-electron chi connectivity index (χ0n) is 11.1. The van der Waals surface area contributed by atoms with E-state index < -0.39 is 0 Å². The number of hydrogen-bond acceptors (Lipinski definition) is 4. The highest BCUT2D eigenvalue weighted by Gasteiger charge is 2.02. The van der Waals surface area contributed by atoms with Gasteiger partial charge < -0.3 is 19.5 Å². The summed E-state index contributed by atoms with van der Waals surface area (Å²) in [4.78, 5) is 6.58. The highest BCUT2D eigenvalue weighted by atomic mass is 16.5. The molecule has 1 heterocycles. The zero-order chi connectivity index (χ0) is 12.5. The van der Waals surface area contributed by atoms with E-state index in [-0.39, 0.29) is 0 Å². The third-order valence-electron chi connectivity index (χ3n) is 2.78. The van der Waals surface area contributed by atoms with Crippen molar-refractivity contribution in [3.8, 4) is 0 Å². The Morgan fingerprint density at radius 3 is 3.06 bits per heavy atom. The van der Waals surface area contributed by atoms with Crippen LogP contribution in [0.25, 0.3) is 0 Å². The molecule has 0 spiro atoms. The van der Waals surface area contributed by atoms with E-state index in [1.54, 1.807) is 7.11 Å². The number of imidazole rings is 1. The number of ether oxygens (including phenoxy) is 1. The zero-order valence-corrected chi connectivity index (χ0v) is 11.1. The van der Waals surface area contributed by atoms with Crippen LogP contribution in [0.5, 0.6) is 0 Å². The minimum atomic E-state index is 0.788. The quantitative estimate of drug-likeness (QED) is 0.660. The number of nitrogens with zero attached hydrogens (tertiary/aromatic N) is 3. The van der Waals surface area contributed by atoms with Crippen molar-refractivity contribution in [3.05, 3.63) is 12.4 Å². The Bertz CT molecular complexity index is 300. The van der Waals surface area contributed by atoms with E-state index in [0.29, 0.717) is 0 Å². The van der Waals surface area contributed by atoms with E-state index in [9.17, 15) is 0 Å².